The zero-order valence-electron chi connectivity index (χ0n) is 13.3. The Hall–Kier alpha value is -3.35. The number of nitrogens with one attached hydrogen (secondary N) is 3. The summed E-state index contributed by atoms with van der Waals surface area (Å²) in [7, 11) is 0. The van der Waals surface area contributed by atoms with Crippen LogP contribution in [0.1, 0.15) is 18.5 Å². The highest BCUT2D eigenvalue weighted by molar-refractivity contribution is 6.06. The molecule has 128 valence electrons. The van der Waals surface area contributed by atoms with Crippen molar-refractivity contribution in [2.24, 2.45) is 0 Å². The second-order valence-electron chi connectivity index (χ2n) is 5.60. The minimum atomic E-state index is -0.721. The second-order valence-corrected chi connectivity index (χ2v) is 5.60. The first-order valence-corrected chi connectivity index (χ1v) is 7.59. The molecule has 3 rings (SSSR count). The molecule has 1 aliphatic heterocycles. The van der Waals surface area contributed by atoms with Gasteiger partial charge in [0, 0.05) is 5.70 Å². The third-order valence-corrected chi connectivity index (χ3v) is 3.86. The first-order valence-electron chi connectivity index (χ1n) is 7.59. The van der Waals surface area contributed by atoms with E-state index in [9.17, 15) is 19.1 Å². The molecule has 0 unspecified atom stereocenters. The summed E-state index contributed by atoms with van der Waals surface area (Å²) < 4.78 is 13.8. The fraction of sp³-hybridized carbons (Fsp3) is 0.111. The minimum Gasteiger partial charge on any atom is -0.508 e. The Morgan fingerprint density at radius 3 is 2.52 bits per heavy atom. The Morgan fingerprint density at radius 1 is 1.16 bits per heavy atom. The molecule has 0 fully saturated rings. The van der Waals surface area contributed by atoms with Crippen LogP contribution in [0.4, 0.5) is 14.9 Å². The van der Waals surface area contributed by atoms with Crippen molar-refractivity contribution in [3.05, 3.63) is 71.2 Å². The number of rotatable bonds is 3. The molecule has 0 radical (unpaired) electrons. The van der Waals surface area contributed by atoms with Crippen molar-refractivity contribution in [1.29, 1.82) is 0 Å². The van der Waals surface area contributed by atoms with Gasteiger partial charge in [0.15, 0.2) is 0 Å². The molecule has 2 aromatic carbocycles. The Kier molecular flexibility index (Phi) is 4.38. The first-order chi connectivity index (χ1) is 12.0. The third kappa shape index (κ3) is 3.45. The summed E-state index contributed by atoms with van der Waals surface area (Å²) in [4.78, 5) is 24.5. The van der Waals surface area contributed by atoms with Gasteiger partial charge in [0.25, 0.3) is 5.91 Å². The van der Waals surface area contributed by atoms with E-state index >= 15 is 0 Å². The number of urea groups is 1. The first kappa shape index (κ1) is 16.5. The molecule has 0 spiro atoms. The second kappa shape index (κ2) is 6.64. The highest BCUT2D eigenvalue weighted by Gasteiger charge is 2.31. The van der Waals surface area contributed by atoms with Gasteiger partial charge in [-0.05, 0) is 36.8 Å². The van der Waals surface area contributed by atoms with Crippen LogP contribution in [0.5, 0.6) is 5.75 Å². The van der Waals surface area contributed by atoms with Crippen LogP contribution < -0.4 is 16.0 Å². The van der Waals surface area contributed by atoms with Crippen LogP contribution in [0.25, 0.3) is 0 Å². The molecule has 6 nitrogen and oxygen atoms in total. The molecule has 0 saturated carbocycles. The van der Waals surface area contributed by atoms with Gasteiger partial charge in [-0.3, -0.25) is 4.79 Å². The third-order valence-electron chi connectivity index (χ3n) is 3.86. The Morgan fingerprint density at radius 2 is 1.84 bits per heavy atom. The van der Waals surface area contributed by atoms with Gasteiger partial charge in [-0.2, -0.15) is 0 Å². The Bertz CT molecular complexity index is 862. The van der Waals surface area contributed by atoms with Crippen molar-refractivity contribution in [1.82, 2.24) is 10.6 Å². The molecule has 3 amide bonds. The molecule has 25 heavy (non-hydrogen) atoms. The van der Waals surface area contributed by atoms with E-state index in [0.717, 1.165) is 0 Å². The number of hydrogen-bond acceptors (Lipinski definition) is 3. The standard InChI is InChI=1S/C18H16FN3O3/c1-10-15(17(24)21-14-5-3-2-4-13(14)19)16(22-18(25)20-10)11-6-8-12(23)9-7-11/h2-9,16,23H,1H3,(H,21,24)(H2,20,22,25)/t16-/m0/s1. The van der Waals surface area contributed by atoms with E-state index in [1.165, 1.54) is 30.3 Å². The van der Waals surface area contributed by atoms with Crippen molar-refractivity contribution in [2.75, 3.05) is 5.32 Å². The normalized spacial score (nSPS) is 16.9. The molecule has 1 atom stereocenters. The topological polar surface area (TPSA) is 90.5 Å². The Labute approximate surface area is 143 Å². The molecule has 1 heterocycles. The lowest BCUT2D eigenvalue weighted by Crippen LogP contribution is -2.46. The fourth-order valence-electron chi connectivity index (χ4n) is 2.66. The molecular weight excluding hydrogens is 325 g/mol. The van der Waals surface area contributed by atoms with Gasteiger partial charge in [0.05, 0.1) is 17.3 Å². The van der Waals surface area contributed by atoms with Gasteiger partial charge in [-0.15, -0.1) is 0 Å². The quantitative estimate of drug-likeness (QED) is 0.692. The maximum Gasteiger partial charge on any atom is 0.319 e. The van der Waals surface area contributed by atoms with E-state index in [-0.39, 0.29) is 17.0 Å². The zero-order chi connectivity index (χ0) is 18.0. The van der Waals surface area contributed by atoms with E-state index in [1.54, 1.807) is 25.1 Å². The number of amides is 3. The number of allylic oxidation sites excluding steroid dienone is 1. The summed E-state index contributed by atoms with van der Waals surface area (Å²) in [5, 5.41) is 17.2. The van der Waals surface area contributed by atoms with E-state index in [0.29, 0.717) is 11.3 Å². The van der Waals surface area contributed by atoms with Crippen LogP contribution in [0, 0.1) is 5.82 Å². The number of anilines is 1. The summed E-state index contributed by atoms with van der Waals surface area (Å²) in [5.74, 6) is -1.02. The van der Waals surface area contributed by atoms with Crippen molar-refractivity contribution in [3.63, 3.8) is 0 Å². The summed E-state index contributed by atoms with van der Waals surface area (Å²) in [6, 6.07) is 10.8. The lowest BCUT2D eigenvalue weighted by atomic mass is 9.94. The predicted octanol–water partition coefficient (Wildman–Crippen LogP) is 2.80. The summed E-state index contributed by atoms with van der Waals surface area (Å²) in [6.07, 6.45) is 0. The molecule has 0 bridgehead atoms. The van der Waals surface area contributed by atoms with Crippen LogP contribution in [0.2, 0.25) is 0 Å². The Balaban J connectivity index is 1.96. The number of halogens is 1. The molecule has 0 aromatic heterocycles. The molecule has 0 saturated heterocycles. The minimum absolute atomic E-state index is 0.0501. The number of carbonyl (C=O) groups is 2. The molecular formula is C18H16FN3O3. The van der Waals surface area contributed by atoms with Crippen LogP contribution in [0.15, 0.2) is 59.8 Å². The average Bonchev–Trinajstić information content (AvgIpc) is 2.57. The van der Waals surface area contributed by atoms with E-state index in [1.807, 2.05) is 0 Å². The number of carbonyl (C=O) groups excluding carboxylic acids is 2. The number of hydrogen-bond donors (Lipinski definition) is 4. The monoisotopic (exact) mass is 341 g/mol. The van der Waals surface area contributed by atoms with E-state index < -0.39 is 23.8 Å². The van der Waals surface area contributed by atoms with Crippen LogP contribution in [-0.4, -0.2) is 17.0 Å². The number of phenols is 1. The lowest BCUT2D eigenvalue weighted by molar-refractivity contribution is -0.113. The predicted molar refractivity (Wildman–Crippen MR) is 90.2 cm³/mol. The molecule has 1 aliphatic rings. The summed E-state index contributed by atoms with van der Waals surface area (Å²) in [6.45, 7) is 1.60. The van der Waals surface area contributed by atoms with Gasteiger partial charge in [0.2, 0.25) is 0 Å². The zero-order valence-corrected chi connectivity index (χ0v) is 13.3. The van der Waals surface area contributed by atoms with Gasteiger partial charge in [0.1, 0.15) is 11.6 Å². The summed E-state index contributed by atoms with van der Waals surface area (Å²) >= 11 is 0. The molecule has 7 heteroatoms. The lowest BCUT2D eigenvalue weighted by Gasteiger charge is -2.28. The highest BCUT2D eigenvalue weighted by atomic mass is 19.1. The average molecular weight is 341 g/mol. The maximum atomic E-state index is 13.8. The van der Waals surface area contributed by atoms with Gasteiger partial charge in [-0.1, -0.05) is 24.3 Å². The number of phenolic OH excluding ortho intramolecular Hbond substituents is 1. The smallest absolute Gasteiger partial charge is 0.319 e. The van der Waals surface area contributed by atoms with Crippen molar-refractivity contribution in [3.8, 4) is 5.75 Å². The maximum absolute atomic E-state index is 13.8. The summed E-state index contributed by atoms with van der Waals surface area (Å²) in [5.41, 5.74) is 1.30. The van der Waals surface area contributed by atoms with Crippen LogP contribution >= 0.6 is 0 Å². The number of para-hydroxylation sites is 1. The van der Waals surface area contributed by atoms with Gasteiger partial charge in [-0.25, -0.2) is 9.18 Å². The van der Waals surface area contributed by atoms with Crippen molar-refractivity contribution < 1.29 is 19.1 Å². The fourth-order valence-corrected chi connectivity index (χ4v) is 2.66. The van der Waals surface area contributed by atoms with Crippen LogP contribution in [-0.2, 0) is 4.79 Å². The molecule has 0 aliphatic carbocycles. The largest absolute Gasteiger partial charge is 0.508 e. The van der Waals surface area contributed by atoms with Crippen molar-refractivity contribution >= 4 is 17.6 Å². The SMILES string of the molecule is CC1=C(C(=O)Nc2ccccc2F)[C@H](c2ccc(O)cc2)NC(=O)N1. The molecule has 2 aromatic rings. The van der Waals surface area contributed by atoms with E-state index in [4.69, 9.17) is 0 Å². The van der Waals surface area contributed by atoms with Gasteiger partial charge < -0.3 is 21.1 Å². The van der Waals surface area contributed by atoms with Crippen LogP contribution in [0.3, 0.4) is 0 Å². The van der Waals surface area contributed by atoms with Crippen molar-refractivity contribution in [2.45, 2.75) is 13.0 Å². The van der Waals surface area contributed by atoms with Gasteiger partial charge >= 0.3 is 6.03 Å². The highest BCUT2D eigenvalue weighted by Crippen LogP contribution is 2.29. The number of aromatic hydroxyl groups is 1. The number of benzene rings is 2. The van der Waals surface area contributed by atoms with E-state index in [2.05, 4.69) is 16.0 Å². The molecule has 4 N–H and O–H groups in total.